The average molecular weight is 210 g/mol. The number of rotatable bonds is 1. The molecule has 0 aliphatic carbocycles. The quantitative estimate of drug-likeness (QED) is 0.736. The third kappa shape index (κ3) is 1.58. The van der Waals surface area contributed by atoms with Crippen LogP contribution in [-0.4, -0.2) is 10.1 Å². The Morgan fingerprint density at radius 3 is 2.86 bits per heavy atom. The van der Waals surface area contributed by atoms with E-state index in [9.17, 15) is 4.39 Å². The van der Waals surface area contributed by atoms with Crippen molar-refractivity contribution in [3.8, 4) is 11.4 Å². The predicted octanol–water partition coefficient (Wildman–Crippen LogP) is 2.85. The van der Waals surface area contributed by atoms with Crippen molar-refractivity contribution >= 4 is 12.2 Å². The van der Waals surface area contributed by atoms with E-state index in [-0.39, 0.29) is 10.7 Å². The fourth-order valence-corrected chi connectivity index (χ4v) is 1.37. The number of aromatic amines is 1. The molecule has 2 rings (SSSR count). The van der Waals surface area contributed by atoms with Gasteiger partial charge in [-0.15, -0.1) is 0 Å². The zero-order chi connectivity index (χ0) is 10.1. The lowest BCUT2D eigenvalue weighted by molar-refractivity contribution is 0.406. The Labute approximate surface area is 84.6 Å². The van der Waals surface area contributed by atoms with Gasteiger partial charge in [-0.2, -0.15) is 4.98 Å². The molecule has 0 saturated heterocycles. The molecule has 0 spiro atoms. The maximum absolute atomic E-state index is 12.8. The number of aryl methyl sites for hydroxylation is 1. The summed E-state index contributed by atoms with van der Waals surface area (Å²) in [5, 5.41) is 2.57. The molecule has 1 N–H and O–H groups in total. The van der Waals surface area contributed by atoms with Gasteiger partial charge < -0.3 is 4.52 Å². The molecule has 0 amide bonds. The summed E-state index contributed by atoms with van der Waals surface area (Å²) in [5.74, 6) is 0.251. The van der Waals surface area contributed by atoms with E-state index in [0.29, 0.717) is 5.82 Å². The summed E-state index contributed by atoms with van der Waals surface area (Å²) >= 11 is 4.72. The van der Waals surface area contributed by atoms with Crippen molar-refractivity contribution in [3.63, 3.8) is 0 Å². The number of hydrogen-bond donors (Lipinski definition) is 1. The van der Waals surface area contributed by atoms with Gasteiger partial charge in [0.2, 0.25) is 0 Å². The maximum Gasteiger partial charge on any atom is 0.314 e. The molecule has 0 atom stereocenters. The monoisotopic (exact) mass is 210 g/mol. The summed E-state index contributed by atoms with van der Waals surface area (Å²) in [6, 6.07) is 4.43. The largest absolute Gasteiger partial charge is 0.348 e. The lowest BCUT2D eigenvalue weighted by Gasteiger charge is -2.00. The Balaban J connectivity index is 2.57. The van der Waals surface area contributed by atoms with Gasteiger partial charge in [-0.3, -0.25) is 0 Å². The summed E-state index contributed by atoms with van der Waals surface area (Å²) in [5.41, 5.74) is 1.57. The minimum atomic E-state index is -0.270. The van der Waals surface area contributed by atoms with Gasteiger partial charge in [-0.05, 0) is 42.9 Å². The molecule has 0 unspecified atom stereocenters. The van der Waals surface area contributed by atoms with Gasteiger partial charge in [0.1, 0.15) is 5.82 Å². The molecule has 0 aliphatic rings. The van der Waals surface area contributed by atoms with E-state index in [1.165, 1.54) is 12.1 Å². The topological polar surface area (TPSA) is 41.8 Å². The van der Waals surface area contributed by atoms with Crippen LogP contribution in [0, 0.1) is 17.6 Å². The molecular formula is C9H7FN2OS. The number of H-pyrrole nitrogens is 1. The van der Waals surface area contributed by atoms with Crippen LogP contribution < -0.4 is 0 Å². The van der Waals surface area contributed by atoms with Crippen LogP contribution in [0.15, 0.2) is 22.7 Å². The first-order valence-electron chi connectivity index (χ1n) is 3.99. The summed E-state index contributed by atoms with van der Waals surface area (Å²) in [6.07, 6.45) is 0. The van der Waals surface area contributed by atoms with Crippen molar-refractivity contribution in [2.75, 3.05) is 0 Å². The lowest BCUT2D eigenvalue weighted by Crippen LogP contribution is -1.86. The number of hydrogen-bond acceptors (Lipinski definition) is 3. The second kappa shape index (κ2) is 3.34. The minimum absolute atomic E-state index is 0.142. The number of nitrogens with zero attached hydrogens (tertiary/aromatic N) is 1. The van der Waals surface area contributed by atoms with Crippen LogP contribution in [-0.2, 0) is 0 Å². The molecule has 1 aromatic heterocycles. The fourth-order valence-electron chi connectivity index (χ4n) is 1.24. The third-order valence-electron chi connectivity index (χ3n) is 1.88. The third-order valence-corrected chi connectivity index (χ3v) is 2.06. The average Bonchev–Trinajstić information content (AvgIpc) is 2.51. The summed E-state index contributed by atoms with van der Waals surface area (Å²) in [6.45, 7) is 1.80. The van der Waals surface area contributed by atoms with E-state index in [2.05, 4.69) is 10.1 Å². The van der Waals surface area contributed by atoms with Gasteiger partial charge in [0.05, 0.1) is 0 Å². The SMILES string of the molecule is Cc1cc(F)ccc1-c1nc(=S)o[nH]1. The lowest BCUT2D eigenvalue weighted by atomic mass is 10.1. The normalized spacial score (nSPS) is 10.4. The minimum Gasteiger partial charge on any atom is -0.348 e. The molecular weight excluding hydrogens is 203 g/mol. The molecule has 0 saturated carbocycles. The Bertz CT molecular complexity index is 518. The van der Waals surface area contributed by atoms with E-state index in [4.69, 9.17) is 16.7 Å². The highest BCUT2D eigenvalue weighted by atomic mass is 32.1. The van der Waals surface area contributed by atoms with Crippen LogP contribution in [0.25, 0.3) is 11.4 Å². The maximum atomic E-state index is 12.8. The van der Waals surface area contributed by atoms with Crippen LogP contribution in [0.5, 0.6) is 0 Å². The Hall–Kier alpha value is -1.49. The van der Waals surface area contributed by atoms with E-state index in [1.54, 1.807) is 13.0 Å². The van der Waals surface area contributed by atoms with Crippen molar-refractivity contribution in [3.05, 3.63) is 34.4 Å². The zero-order valence-electron chi connectivity index (χ0n) is 7.37. The van der Waals surface area contributed by atoms with E-state index in [0.717, 1.165) is 11.1 Å². The molecule has 5 heteroatoms. The Kier molecular flexibility index (Phi) is 2.17. The van der Waals surface area contributed by atoms with Gasteiger partial charge in [0, 0.05) is 5.56 Å². The highest BCUT2D eigenvalue weighted by molar-refractivity contribution is 7.71. The van der Waals surface area contributed by atoms with Crippen LogP contribution in [0.4, 0.5) is 4.39 Å². The zero-order valence-corrected chi connectivity index (χ0v) is 8.19. The highest BCUT2D eigenvalue weighted by Gasteiger charge is 2.06. The van der Waals surface area contributed by atoms with Gasteiger partial charge in [0.25, 0.3) is 0 Å². The van der Waals surface area contributed by atoms with E-state index >= 15 is 0 Å². The number of halogens is 1. The van der Waals surface area contributed by atoms with E-state index < -0.39 is 0 Å². The van der Waals surface area contributed by atoms with Crippen molar-refractivity contribution in [2.24, 2.45) is 0 Å². The summed E-state index contributed by atoms with van der Waals surface area (Å²) < 4.78 is 17.6. The standard InChI is InChI=1S/C9H7FN2OS/c1-5-4-6(10)2-3-7(5)8-11-9(14)13-12-8/h2-4H,1H3,(H,11,12,14). The molecule has 3 nitrogen and oxygen atoms in total. The molecule has 14 heavy (non-hydrogen) atoms. The fraction of sp³-hybridized carbons (Fsp3) is 0.111. The first-order chi connectivity index (χ1) is 6.66. The van der Waals surface area contributed by atoms with Crippen LogP contribution in [0.1, 0.15) is 5.56 Å². The number of aromatic nitrogens is 2. The summed E-state index contributed by atoms with van der Waals surface area (Å²) in [7, 11) is 0. The van der Waals surface area contributed by atoms with Crippen LogP contribution >= 0.6 is 12.2 Å². The first-order valence-corrected chi connectivity index (χ1v) is 4.39. The molecule has 1 heterocycles. The summed E-state index contributed by atoms with van der Waals surface area (Å²) in [4.78, 5) is 4.08. The molecule has 0 aliphatic heterocycles. The predicted molar refractivity (Wildman–Crippen MR) is 51.8 cm³/mol. The van der Waals surface area contributed by atoms with Gasteiger partial charge in [-0.1, -0.05) is 0 Å². The molecule has 72 valence electrons. The number of benzene rings is 1. The Morgan fingerprint density at radius 1 is 1.50 bits per heavy atom. The smallest absolute Gasteiger partial charge is 0.314 e. The molecule has 0 bridgehead atoms. The van der Waals surface area contributed by atoms with Gasteiger partial charge in [-0.25, -0.2) is 9.55 Å². The molecule has 2 aromatic rings. The number of nitrogens with one attached hydrogen (secondary N) is 1. The van der Waals surface area contributed by atoms with Gasteiger partial charge in [0.15, 0.2) is 5.82 Å². The Morgan fingerprint density at radius 2 is 2.29 bits per heavy atom. The first kappa shape index (κ1) is 9.08. The molecule has 1 aromatic carbocycles. The van der Waals surface area contributed by atoms with Crippen molar-refractivity contribution in [1.82, 2.24) is 10.1 Å². The molecule has 0 radical (unpaired) electrons. The molecule has 0 fully saturated rings. The second-order valence-corrected chi connectivity index (χ2v) is 3.24. The highest BCUT2D eigenvalue weighted by Crippen LogP contribution is 2.20. The van der Waals surface area contributed by atoms with Crippen molar-refractivity contribution in [2.45, 2.75) is 6.92 Å². The van der Waals surface area contributed by atoms with Crippen LogP contribution in [0.3, 0.4) is 0 Å². The van der Waals surface area contributed by atoms with E-state index in [1.807, 2.05) is 0 Å². The van der Waals surface area contributed by atoms with Gasteiger partial charge >= 0.3 is 4.84 Å². The van der Waals surface area contributed by atoms with Crippen molar-refractivity contribution < 1.29 is 8.91 Å². The second-order valence-electron chi connectivity index (χ2n) is 2.89. The van der Waals surface area contributed by atoms with Crippen molar-refractivity contribution in [1.29, 1.82) is 0 Å². The van der Waals surface area contributed by atoms with Crippen LogP contribution in [0.2, 0.25) is 0 Å².